The molecule has 0 bridgehead atoms. The number of nitrogens with two attached hydrogens (primary N) is 1. The first-order chi connectivity index (χ1) is 9.10. The summed E-state index contributed by atoms with van der Waals surface area (Å²) in [6.07, 6.45) is 2.79. The Bertz CT molecular complexity index is 424. The second kappa shape index (κ2) is 7.74. The molecule has 1 rings (SSSR count). The van der Waals surface area contributed by atoms with E-state index in [4.69, 9.17) is 10.5 Å². The van der Waals surface area contributed by atoms with Crippen LogP contribution in [0.4, 0.5) is 4.39 Å². The minimum atomic E-state index is -0.557. The number of amides is 1. The molecule has 0 fully saturated rings. The highest BCUT2D eigenvalue weighted by Gasteiger charge is 2.16. The molecule has 1 aromatic carbocycles. The van der Waals surface area contributed by atoms with Gasteiger partial charge in [-0.05, 0) is 31.5 Å². The maximum Gasteiger partial charge on any atom is 0.256 e. The van der Waals surface area contributed by atoms with Gasteiger partial charge in [-0.1, -0.05) is 6.42 Å². The highest BCUT2D eigenvalue weighted by Crippen LogP contribution is 2.17. The van der Waals surface area contributed by atoms with E-state index in [9.17, 15) is 9.18 Å². The molecule has 4 nitrogen and oxygen atoms in total. The fourth-order valence-corrected chi connectivity index (χ4v) is 1.77. The maximum absolute atomic E-state index is 13.7. The lowest BCUT2D eigenvalue weighted by atomic mass is 10.1. The van der Waals surface area contributed by atoms with Gasteiger partial charge in [-0.2, -0.15) is 0 Å². The summed E-state index contributed by atoms with van der Waals surface area (Å²) < 4.78 is 18.7. The summed E-state index contributed by atoms with van der Waals surface area (Å²) in [5.74, 6) is -0.467. The average Bonchev–Trinajstić information content (AvgIpc) is 2.42. The van der Waals surface area contributed by atoms with Crippen LogP contribution in [0.3, 0.4) is 0 Å². The first-order valence-electron chi connectivity index (χ1n) is 6.39. The van der Waals surface area contributed by atoms with E-state index in [1.165, 1.54) is 24.1 Å². The number of halogens is 1. The highest BCUT2D eigenvalue weighted by molar-refractivity contribution is 5.94. The molecule has 1 amide bonds. The molecule has 0 heterocycles. The van der Waals surface area contributed by atoms with E-state index < -0.39 is 5.82 Å². The van der Waals surface area contributed by atoms with E-state index in [0.717, 1.165) is 19.3 Å². The monoisotopic (exact) mass is 268 g/mol. The zero-order valence-corrected chi connectivity index (χ0v) is 11.5. The Morgan fingerprint density at radius 2 is 2.11 bits per heavy atom. The zero-order valence-electron chi connectivity index (χ0n) is 11.5. The summed E-state index contributed by atoms with van der Waals surface area (Å²) in [6.45, 7) is 1.26. The van der Waals surface area contributed by atoms with Gasteiger partial charge >= 0.3 is 0 Å². The van der Waals surface area contributed by atoms with Crippen LogP contribution in [0.2, 0.25) is 0 Å². The van der Waals surface area contributed by atoms with Crippen LogP contribution >= 0.6 is 0 Å². The molecule has 0 aliphatic rings. The second-order valence-electron chi connectivity index (χ2n) is 4.42. The van der Waals surface area contributed by atoms with Crippen LogP contribution in [-0.2, 0) is 0 Å². The van der Waals surface area contributed by atoms with Gasteiger partial charge < -0.3 is 15.4 Å². The van der Waals surface area contributed by atoms with E-state index >= 15 is 0 Å². The van der Waals surface area contributed by atoms with Crippen molar-refractivity contribution in [3.8, 4) is 5.75 Å². The summed E-state index contributed by atoms with van der Waals surface area (Å²) in [5, 5.41) is 0. The third kappa shape index (κ3) is 4.52. The van der Waals surface area contributed by atoms with Crippen molar-refractivity contribution >= 4 is 5.91 Å². The van der Waals surface area contributed by atoms with Crippen LogP contribution < -0.4 is 10.5 Å². The molecule has 0 aliphatic carbocycles. The molecule has 0 saturated heterocycles. The van der Waals surface area contributed by atoms with Gasteiger partial charge in [-0.15, -0.1) is 0 Å². The Hall–Kier alpha value is -1.62. The third-order valence-corrected chi connectivity index (χ3v) is 2.95. The number of methoxy groups -OCH3 is 1. The van der Waals surface area contributed by atoms with E-state index in [1.54, 1.807) is 13.1 Å². The largest absolute Gasteiger partial charge is 0.497 e. The van der Waals surface area contributed by atoms with Gasteiger partial charge in [0.05, 0.1) is 12.7 Å². The predicted molar refractivity (Wildman–Crippen MR) is 72.8 cm³/mol. The van der Waals surface area contributed by atoms with Gasteiger partial charge in [0.2, 0.25) is 0 Å². The molecular weight excluding hydrogens is 247 g/mol. The smallest absolute Gasteiger partial charge is 0.256 e. The van der Waals surface area contributed by atoms with Crippen molar-refractivity contribution in [2.75, 3.05) is 27.2 Å². The Morgan fingerprint density at radius 3 is 2.68 bits per heavy atom. The van der Waals surface area contributed by atoms with Crippen molar-refractivity contribution < 1.29 is 13.9 Å². The van der Waals surface area contributed by atoms with Crippen molar-refractivity contribution in [2.24, 2.45) is 5.73 Å². The number of hydrogen-bond acceptors (Lipinski definition) is 3. The van der Waals surface area contributed by atoms with Crippen molar-refractivity contribution in [3.05, 3.63) is 29.6 Å². The van der Waals surface area contributed by atoms with Crippen molar-refractivity contribution in [3.63, 3.8) is 0 Å². The summed E-state index contributed by atoms with van der Waals surface area (Å²) in [4.78, 5) is 13.6. The van der Waals surface area contributed by atoms with Crippen LogP contribution in [0.15, 0.2) is 18.2 Å². The molecule has 5 heteroatoms. The number of nitrogens with zero attached hydrogens (tertiary/aromatic N) is 1. The van der Waals surface area contributed by atoms with Crippen LogP contribution in [0.1, 0.15) is 29.6 Å². The van der Waals surface area contributed by atoms with Crippen molar-refractivity contribution in [1.29, 1.82) is 0 Å². The molecule has 2 N–H and O–H groups in total. The quantitative estimate of drug-likeness (QED) is 0.770. The topological polar surface area (TPSA) is 55.6 Å². The first-order valence-corrected chi connectivity index (χ1v) is 6.39. The molecule has 106 valence electrons. The van der Waals surface area contributed by atoms with Crippen LogP contribution in [-0.4, -0.2) is 38.1 Å². The Morgan fingerprint density at radius 1 is 1.37 bits per heavy atom. The van der Waals surface area contributed by atoms with Crippen LogP contribution in [0.25, 0.3) is 0 Å². The number of unbranched alkanes of at least 4 members (excludes halogenated alkanes) is 2. The summed E-state index contributed by atoms with van der Waals surface area (Å²) >= 11 is 0. The van der Waals surface area contributed by atoms with Gasteiger partial charge in [-0.3, -0.25) is 4.79 Å². The van der Waals surface area contributed by atoms with E-state index in [-0.39, 0.29) is 11.5 Å². The molecule has 19 heavy (non-hydrogen) atoms. The predicted octanol–water partition coefficient (Wildman–Crippen LogP) is 2.04. The number of rotatable bonds is 7. The summed E-state index contributed by atoms with van der Waals surface area (Å²) in [6, 6.07) is 4.25. The fraction of sp³-hybridized carbons (Fsp3) is 0.500. The Labute approximate surface area is 113 Å². The van der Waals surface area contributed by atoms with E-state index in [0.29, 0.717) is 18.8 Å². The van der Waals surface area contributed by atoms with Gasteiger partial charge in [0, 0.05) is 19.7 Å². The number of carbonyl (C=O) groups excluding carboxylic acids is 1. The number of ether oxygens (including phenoxy) is 1. The van der Waals surface area contributed by atoms with Gasteiger partial charge in [0.25, 0.3) is 5.91 Å². The molecule has 1 aromatic rings. The van der Waals surface area contributed by atoms with Gasteiger partial charge in [0.15, 0.2) is 0 Å². The van der Waals surface area contributed by atoms with Crippen LogP contribution in [0.5, 0.6) is 5.75 Å². The third-order valence-electron chi connectivity index (χ3n) is 2.95. The summed E-state index contributed by atoms with van der Waals surface area (Å²) in [7, 11) is 3.13. The minimum Gasteiger partial charge on any atom is -0.497 e. The average molecular weight is 268 g/mol. The van der Waals surface area contributed by atoms with Gasteiger partial charge in [0.1, 0.15) is 11.6 Å². The minimum absolute atomic E-state index is 0.0714. The maximum atomic E-state index is 13.7. The highest BCUT2D eigenvalue weighted by atomic mass is 19.1. The lowest BCUT2D eigenvalue weighted by Gasteiger charge is -2.17. The molecular formula is C14H21FN2O2. The molecule has 0 radical (unpaired) electrons. The zero-order chi connectivity index (χ0) is 14.3. The molecule has 0 aliphatic heterocycles. The number of hydrogen-bond donors (Lipinski definition) is 1. The fourth-order valence-electron chi connectivity index (χ4n) is 1.77. The molecule has 0 spiro atoms. The number of benzene rings is 1. The Balaban J connectivity index is 2.61. The normalized spacial score (nSPS) is 10.3. The van der Waals surface area contributed by atoms with Crippen molar-refractivity contribution in [1.82, 2.24) is 4.90 Å². The van der Waals surface area contributed by atoms with Gasteiger partial charge in [-0.25, -0.2) is 4.39 Å². The van der Waals surface area contributed by atoms with E-state index in [2.05, 4.69) is 0 Å². The summed E-state index contributed by atoms with van der Waals surface area (Å²) in [5.41, 5.74) is 5.47. The van der Waals surface area contributed by atoms with E-state index in [1.807, 2.05) is 0 Å². The number of carbonyl (C=O) groups is 1. The lowest BCUT2D eigenvalue weighted by molar-refractivity contribution is 0.0788. The molecule has 0 aromatic heterocycles. The van der Waals surface area contributed by atoms with Crippen LogP contribution in [0, 0.1) is 5.82 Å². The molecule has 0 saturated carbocycles. The molecule has 0 atom stereocenters. The first kappa shape index (κ1) is 15.4. The molecule has 0 unspecified atom stereocenters. The lowest BCUT2D eigenvalue weighted by Crippen LogP contribution is -2.28. The standard InChI is InChI=1S/C14H21FN2O2/c1-17(9-5-3-4-8-16)14(18)12-7-6-11(19-2)10-13(12)15/h6-7,10H,3-5,8-9,16H2,1-2H3. The Kier molecular flexibility index (Phi) is 6.29. The second-order valence-corrected chi connectivity index (χ2v) is 4.42. The van der Waals surface area contributed by atoms with Crippen molar-refractivity contribution in [2.45, 2.75) is 19.3 Å². The SMILES string of the molecule is COc1ccc(C(=O)N(C)CCCCCN)c(F)c1.